The van der Waals surface area contributed by atoms with E-state index >= 15 is 0 Å². The fraction of sp³-hybridized carbons (Fsp3) is 0.655. The summed E-state index contributed by atoms with van der Waals surface area (Å²) in [7, 11) is 0. The fourth-order valence-electron chi connectivity index (χ4n) is 6.15. The van der Waals surface area contributed by atoms with E-state index < -0.39 is 17.9 Å². The van der Waals surface area contributed by atoms with Crippen LogP contribution >= 0.6 is 0 Å². The zero-order valence-corrected chi connectivity index (χ0v) is 20.5. The summed E-state index contributed by atoms with van der Waals surface area (Å²) in [5.74, 6) is 0.957. The van der Waals surface area contributed by atoms with Gasteiger partial charge < -0.3 is 10.2 Å². The number of allylic oxidation sites excluding steroid dienone is 7. The average Bonchev–Trinajstić information content (AvgIpc) is 3.12. The quantitative estimate of drug-likeness (QED) is 0.411. The molecule has 0 saturated heterocycles. The summed E-state index contributed by atoms with van der Waals surface area (Å²) in [6, 6.07) is 0. The maximum Gasteiger partial charge on any atom is 0.127 e. The van der Waals surface area contributed by atoms with E-state index in [1.807, 2.05) is 26.0 Å². The molecule has 0 aromatic heterocycles. The first-order valence-corrected chi connectivity index (χ1v) is 12.6. The Bertz CT molecular complexity index is 813. The molecule has 5 atom stereocenters. The number of alkyl halides is 1. The average molecular weight is 443 g/mol. The zero-order valence-electron chi connectivity index (χ0n) is 20.5. The fourth-order valence-corrected chi connectivity index (χ4v) is 6.15. The number of hydrogen-bond donors (Lipinski definition) is 2. The molecule has 2 nitrogen and oxygen atoms in total. The van der Waals surface area contributed by atoms with Crippen molar-refractivity contribution in [2.75, 3.05) is 0 Å². The molecule has 0 aromatic carbocycles. The number of rotatable bonds is 7. The summed E-state index contributed by atoms with van der Waals surface area (Å²) < 4.78 is 14.1. The Morgan fingerprint density at radius 1 is 1.31 bits per heavy atom. The summed E-state index contributed by atoms with van der Waals surface area (Å²) in [5, 5.41) is 20.5. The zero-order chi connectivity index (χ0) is 23.5. The summed E-state index contributed by atoms with van der Waals surface area (Å²) >= 11 is 0. The van der Waals surface area contributed by atoms with E-state index in [2.05, 4.69) is 38.7 Å². The smallest absolute Gasteiger partial charge is 0.127 e. The van der Waals surface area contributed by atoms with Crippen LogP contribution in [0, 0.1) is 17.3 Å². The molecule has 2 saturated carbocycles. The van der Waals surface area contributed by atoms with Crippen LogP contribution in [0.15, 0.2) is 59.3 Å². The number of aliphatic hydroxyl groups is 2. The van der Waals surface area contributed by atoms with Crippen LogP contribution in [0.25, 0.3) is 0 Å². The highest BCUT2D eigenvalue weighted by atomic mass is 19.1. The lowest BCUT2D eigenvalue weighted by Crippen LogP contribution is -2.32. The Labute approximate surface area is 194 Å². The third-order valence-corrected chi connectivity index (χ3v) is 8.51. The van der Waals surface area contributed by atoms with Gasteiger partial charge in [-0.3, -0.25) is 0 Å². The highest BCUT2D eigenvalue weighted by Gasteiger charge is 2.45. The molecule has 3 heteroatoms. The first-order valence-electron chi connectivity index (χ1n) is 12.6. The molecule has 3 rings (SSSR count). The molecule has 32 heavy (non-hydrogen) atoms. The van der Waals surface area contributed by atoms with Gasteiger partial charge in [-0.1, -0.05) is 75.8 Å². The van der Waals surface area contributed by atoms with Crippen LogP contribution in [0.5, 0.6) is 0 Å². The minimum Gasteiger partial charge on any atom is -0.393 e. The van der Waals surface area contributed by atoms with Gasteiger partial charge in [-0.2, -0.15) is 0 Å². The van der Waals surface area contributed by atoms with Crippen molar-refractivity contribution >= 4 is 0 Å². The molecule has 0 radical (unpaired) electrons. The third-order valence-electron chi connectivity index (χ3n) is 8.51. The molecule has 3 aliphatic carbocycles. The number of fused-ring (bicyclic) bond motifs is 1. The van der Waals surface area contributed by atoms with E-state index in [0.29, 0.717) is 23.8 Å². The van der Waals surface area contributed by atoms with E-state index in [-0.39, 0.29) is 11.8 Å². The third kappa shape index (κ3) is 5.20. The van der Waals surface area contributed by atoms with Gasteiger partial charge in [0.2, 0.25) is 0 Å². The Kier molecular flexibility index (Phi) is 8.04. The number of aliphatic hydroxyl groups excluding tert-OH is 1. The van der Waals surface area contributed by atoms with Gasteiger partial charge in [-0.15, -0.1) is 0 Å². The van der Waals surface area contributed by atoms with Crippen molar-refractivity contribution in [1.82, 2.24) is 0 Å². The van der Waals surface area contributed by atoms with Crippen LogP contribution in [0.3, 0.4) is 0 Å². The van der Waals surface area contributed by atoms with Gasteiger partial charge in [0.25, 0.3) is 0 Å². The molecule has 178 valence electrons. The van der Waals surface area contributed by atoms with Crippen molar-refractivity contribution < 1.29 is 14.6 Å². The standard InChI is InChI=1S/C29H43FO2/c1-6-29(32,7-2)17-8-10-20(3)25-14-15-26-22(11-9-16-28(25,26)5)12-13-23-18-24(31)19-27(30)21(23)4/h8,12-14,17,20,24,26-27,31-32H,4,6-7,9-11,15-16,18-19H2,1-3,5H3/b17-8+,22-12+,23-13-/t20-,24+,26?,27?,28+/m0/s1. The van der Waals surface area contributed by atoms with Crippen LogP contribution in [-0.2, 0) is 0 Å². The van der Waals surface area contributed by atoms with E-state index in [0.717, 1.165) is 37.7 Å². The predicted octanol–water partition coefficient (Wildman–Crippen LogP) is 7.16. The predicted molar refractivity (Wildman–Crippen MR) is 132 cm³/mol. The Balaban J connectivity index is 1.73. The van der Waals surface area contributed by atoms with Gasteiger partial charge >= 0.3 is 0 Å². The Hall–Kier alpha value is -1.45. The molecule has 0 spiro atoms. The van der Waals surface area contributed by atoms with Gasteiger partial charge in [-0.25, -0.2) is 4.39 Å². The second-order valence-electron chi connectivity index (χ2n) is 10.6. The van der Waals surface area contributed by atoms with E-state index in [1.54, 1.807) is 5.57 Å². The lowest BCUT2D eigenvalue weighted by atomic mass is 9.62. The second-order valence-corrected chi connectivity index (χ2v) is 10.6. The summed E-state index contributed by atoms with van der Waals surface area (Å²) in [6.07, 6.45) is 16.8. The van der Waals surface area contributed by atoms with Crippen molar-refractivity contribution in [3.63, 3.8) is 0 Å². The first-order chi connectivity index (χ1) is 15.1. The van der Waals surface area contributed by atoms with Crippen LogP contribution in [0.4, 0.5) is 4.39 Å². The van der Waals surface area contributed by atoms with Crippen molar-refractivity contribution in [3.05, 3.63) is 59.3 Å². The van der Waals surface area contributed by atoms with Crippen LogP contribution in [-0.4, -0.2) is 28.1 Å². The van der Waals surface area contributed by atoms with Crippen LogP contribution < -0.4 is 0 Å². The molecule has 2 fully saturated rings. The Morgan fingerprint density at radius 2 is 2.03 bits per heavy atom. The highest BCUT2D eigenvalue weighted by molar-refractivity contribution is 5.40. The summed E-state index contributed by atoms with van der Waals surface area (Å²) in [6.45, 7) is 12.7. The topological polar surface area (TPSA) is 40.5 Å². The van der Waals surface area contributed by atoms with Crippen molar-refractivity contribution in [2.24, 2.45) is 17.3 Å². The molecule has 0 amide bonds. The maximum absolute atomic E-state index is 14.1. The molecule has 0 heterocycles. The largest absolute Gasteiger partial charge is 0.393 e. The number of hydrogen-bond acceptors (Lipinski definition) is 2. The first kappa shape index (κ1) is 25.2. The molecule has 0 aromatic rings. The molecule has 0 bridgehead atoms. The van der Waals surface area contributed by atoms with Crippen molar-refractivity contribution in [1.29, 1.82) is 0 Å². The van der Waals surface area contributed by atoms with Crippen LogP contribution in [0.2, 0.25) is 0 Å². The molecule has 2 N–H and O–H groups in total. The highest BCUT2D eigenvalue weighted by Crippen LogP contribution is 2.57. The van der Waals surface area contributed by atoms with Gasteiger partial charge in [0.15, 0.2) is 0 Å². The molecule has 2 unspecified atom stereocenters. The van der Waals surface area contributed by atoms with Gasteiger partial charge in [0.05, 0.1) is 11.7 Å². The minimum absolute atomic E-state index is 0.168. The Morgan fingerprint density at radius 3 is 2.72 bits per heavy atom. The SMILES string of the molecule is C=C1/C(=C\C=C2/CCC[C@]3(C)C([C@@H](C)C/C=C/C(O)(CC)CC)=CCC23)C[C@@H](O)CC1F. The minimum atomic E-state index is -1.13. The van der Waals surface area contributed by atoms with Gasteiger partial charge in [-0.05, 0) is 79.8 Å². The van der Waals surface area contributed by atoms with E-state index in [1.165, 1.54) is 18.4 Å². The van der Waals surface area contributed by atoms with Crippen molar-refractivity contribution in [3.8, 4) is 0 Å². The summed E-state index contributed by atoms with van der Waals surface area (Å²) in [5.41, 5.74) is 3.90. The molecular formula is C29H43FO2. The van der Waals surface area contributed by atoms with Crippen LogP contribution in [0.1, 0.15) is 85.5 Å². The molecular weight excluding hydrogens is 399 g/mol. The van der Waals surface area contributed by atoms with Gasteiger partial charge in [0.1, 0.15) is 6.17 Å². The summed E-state index contributed by atoms with van der Waals surface area (Å²) in [4.78, 5) is 0. The lowest BCUT2D eigenvalue weighted by molar-refractivity contribution is 0.0824. The number of halogens is 1. The normalized spacial score (nSPS) is 34.9. The van der Waals surface area contributed by atoms with E-state index in [9.17, 15) is 14.6 Å². The maximum atomic E-state index is 14.1. The molecule has 0 aliphatic heterocycles. The van der Waals surface area contributed by atoms with Crippen molar-refractivity contribution in [2.45, 2.75) is 103 Å². The van der Waals surface area contributed by atoms with Gasteiger partial charge in [0, 0.05) is 6.42 Å². The molecule has 3 aliphatic rings. The monoisotopic (exact) mass is 442 g/mol. The lowest BCUT2D eigenvalue weighted by Gasteiger charge is -2.42. The van der Waals surface area contributed by atoms with E-state index in [4.69, 9.17) is 0 Å². The second kappa shape index (κ2) is 10.2.